The third-order valence-electron chi connectivity index (χ3n) is 8.15. The first kappa shape index (κ1) is 36.7. The first-order chi connectivity index (χ1) is 19.2. The van der Waals surface area contributed by atoms with Crippen molar-refractivity contribution in [2.24, 2.45) is 0 Å². The van der Waals surface area contributed by atoms with Gasteiger partial charge in [0.2, 0.25) is 0 Å². The zero-order chi connectivity index (χ0) is 30.7. The summed E-state index contributed by atoms with van der Waals surface area (Å²) in [5.74, 6) is -1.10. The van der Waals surface area contributed by atoms with Gasteiger partial charge in [-0.05, 0) is 83.5 Å². The second-order valence-corrected chi connectivity index (χ2v) is 19.5. The van der Waals surface area contributed by atoms with Gasteiger partial charge in [-0.3, -0.25) is 0 Å². The Hall–Kier alpha value is -0.533. The number of hydrogen-bond donors (Lipinski definition) is 0. The molecule has 1 heterocycles. The molecule has 1 aliphatic heterocycles. The predicted molar refractivity (Wildman–Crippen MR) is 189 cm³/mol. The Labute approximate surface area is 277 Å². The van der Waals surface area contributed by atoms with Gasteiger partial charge in [0.25, 0.3) is 0 Å². The Morgan fingerprint density at radius 3 is 2.44 bits per heavy atom. The van der Waals surface area contributed by atoms with Gasteiger partial charge in [0.15, 0.2) is 14.1 Å². The van der Waals surface area contributed by atoms with E-state index in [2.05, 4.69) is 127 Å². The molecule has 0 aromatic heterocycles. The van der Waals surface area contributed by atoms with E-state index in [0.717, 1.165) is 22.8 Å². The fourth-order valence-electron chi connectivity index (χ4n) is 4.55. The topological polar surface area (TPSA) is 54.0 Å². The molecule has 0 N–H and O–H groups in total. The molecule has 0 amide bonds. The van der Waals surface area contributed by atoms with Crippen LogP contribution in [0.5, 0.6) is 0 Å². The highest BCUT2D eigenvalue weighted by molar-refractivity contribution is 14.1. The van der Waals surface area contributed by atoms with Crippen LogP contribution < -0.4 is 0 Å². The van der Waals surface area contributed by atoms with Crippen molar-refractivity contribution in [2.45, 2.75) is 116 Å². The van der Waals surface area contributed by atoms with Gasteiger partial charge in [-0.2, -0.15) is 0 Å². The van der Waals surface area contributed by atoms with E-state index in [-0.39, 0.29) is 23.2 Å². The van der Waals surface area contributed by atoms with E-state index in [1.54, 1.807) is 13.2 Å². The third-order valence-corrected chi connectivity index (χ3v) is 14.6. The van der Waals surface area contributed by atoms with Crippen LogP contribution in [-0.4, -0.2) is 46.0 Å². The highest BCUT2D eigenvalue weighted by atomic mass is 127. The molecule has 1 aliphatic rings. The van der Waals surface area contributed by atoms with Gasteiger partial charge >= 0.3 is 5.97 Å². The number of allylic oxidation sites excluding steroid dienone is 2. The number of carbonyl (C=O) groups excluding carboxylic acids is 1. The highest BCUT2D eigenvalue weighted by Crippen LogP contribution is 2.39. The van der Waals surface area contributed by atoms with Crippen molar-refractivity contribution in [3.05, 3.63) is 66.9 Å². The lowest BCUT2D eigenvalue weighted by molar-refractivity contribution is -0.288. The van der Waals surface area contributed by atoms with Crippen LogP contribution in [0.3, 0.4) is 0 Å². The number of benzene rings is 1. The molecule has 1 saturated heterocycles. The van der Waals surface area contributed by atoms with E-state index in [9.17, 15) is 4.79 Å². The van der Waals surface area contributed by atoms with E-state index in [0.29, 0.717) is 32.3 Å². The summed E-state index contributed by atoms with van der Waals surface area (Å²) in [7, 11) is -0.109. The van der Waals surface area contributed by atoms with E-state index < -0.39 is 14.1 Å². The van der Waals surface area contributed by atoms with Crippen molar-refractivity contribution in [3.63, 3.8) is 0 Å². The zero-order valence-corrected chi connectivity index (χ0v) is 31.5. The second kappa shape index (κ2) is 17.1. The fraction of sp³-hybridized carbons (Fsp3) is 0.606. The molecule has 0 saturated carbocycles. The normalized spacial score (nSPS) is 23.0. The lowest BCUT2D eigenvalue weighted by atomic mass is 9.91. The van der Waals surface area contributed by atoms with Crippen LogP contribution >= 0.6 is 45.2 Å². The van der Waals surface area contributed by atoms with Crippen molar-refractivity contribution >= 4 is 59.5 Å². The van der Waals surface area contributed by atoms with E-state index >= 15 is 0 Å². The molecular weight excluding hydrogens is 758 g/mol. The van der Waals surface area contributed by atoms with E-state index in [1.165, 1.54) is 16.7 Å². The number of ether oxygens (including phenoxy) is 3. The van der Waals surface area contributed by atoms with Gasteiger partial charge in [-0.25, -0.2) is 4.79 Å². The fourth-order valence-corrected chi connectivity index (χ4v) is 6.32. The lowest BCUT2D eigenvalue weighted by Crippen LogP contribution is -2.48. The number of rotatable bonds is 14. The van der Waals surface area contributed by atoms with Crippen molar-refractivity contribution in [3.8, 4) is 0 Å². The van der Waals surface area contributed by atoms with Gasteiger partial charge < -0.3 is 18.6 Å². The maximum absolute atomic E-state index is 13.0. The number of hydrogen-bond acceptors (Lipinski definition) is 5. The summed E-state index contributed by atoms with van der Waals surface area (Å²) in [4.78, 5) is 13.0. The van der Waals surface area contributed by atoms with Gasteiger partial charge in [0.1, 0.15) is 6.10 Å². The van der Waals surface area contributed by atoms with Crippen LogP contribution in [0.1, 0.15) is 78.7 Å². The molecule has 0 aliphatic carbocycles. The van der Waals surface area contributed by atoms with Gasteiger partial charge in [0.05, 0.1) is 6.10 Å². The predicted octanol–water partition coefficient (Wildman–Crippen LogP) is 9.85. The quantitative estimate of drug-likeness (QED) is 0.0617. The number of methoxy groups -OCH3 is 1. The highest BCUT2D eigenvalue weighted by Gasteiger charge is 2.43. The second-order valence-electron chi connectivity index (χ2n) is 12.7. The first-order valence-electron chi connectivity index (χ1n) is 14.6. The van der Waals surface area contributed by atoms with Crippen LogP contribution in [0.25, 0.3) is 0 Å². The summed E-state index contributed by atoms with van der Waals surface area (Å²) in [6, 6.07) is 10.5. The summed E-state index contributed by atoms with van der Waals surface area (Å²) >= 11 is 4.49. The first-order valence-corrected chi connectivity index (χ1v) is 19.8. The summed E-state index contributed by atoms with van der Waals surface area (Å²) in [6.07, 6.45) is 8.64. The smallest absolute Gasteiger partial charge is 0.331 e. The lowest BCUT2D eigenvalue weighted by Gasteiger charge is -2.43. The molecule has 8 heteroatoms. The number of carbonyl (C=O) groups is 1. The van der Waals surface area contributed by atoms with E-state index in [1.807, 2.05) is 6.07 Å². The number of esters is 1. The van der Waals surface area contributed by atoms with Crippen LogP contribution in [0.2, 0.25) is 18.1 Å². The molecule has 0 bridgehead atoms. The van der Waals surface area contributed by atoms with Crippen molar-refractivity contribution < 1.29 is 23.4 Å². The SMILES string of the molecule is CO[C@]1(CC/C(C)=C/Cc2ccccc2)C[C@H](OC(=O)/C=C(\I)CCO[Si](C)(C)C(C)(C)C)C[C@@H](C/C(C)=C/I)O1. The molecule has 230 valence electrons. The molecule has 5 nitrogen and oxygen atoms in total. The summed E-state index contributed by atoms with van der Waals surface area (Å²) < 4.78 is 28.0. The maximum Gasteiger partial charge on any atom is 0.331 e. The minimum atomic E-state index is -1.81. The molecule has 1 aromatic carbocycles. The van der Waals surface area contributed by atoms with Crippen LogP contribution in [0, 0.1) is 0 Å². The Morgan fingerprint density at radius 1 is 1.15 bits per heavy atom. The summed E-state index contributed by atoms with van der Waals surface area (Å²) in [5, 5.41) is 0.162. The average molecular weight is 809 g/mol. The van der Waals surface area contributed by atoms with Gasteiger partial charge in [-0.1, -0.05) is 90.9 Å². The Morgan fingerprint density at radius 2 is 1.83 bits per heavy atom. The minimum absolute atomic E-state index is 0.0813. The molecule has 41 heavy (non-hydrogen) atoms. The van der Waals surface area contributed by atoms with Crippen LogP contribution in [0.15, 0.2) is 61.3 Å². The molecule has 0 radical (unpaired) electrons. The molecule has 3 atom stereocenters. The summed E-state index contributed by atoms with van der Waals surface area (Å²) in [5.41, 5.74) is 3.83. The third kappa shape index (κ3) is 12.9. The average Bonchev–Trinajstić information content (AvgIpc) is 2.90. The zero-order valence-electron chi connectivity index (χ0n) is 26.2. The molecule has 2 rings (SSSR count). The summed E-state index contributed by atoms with van der Waals surface area (Å²) in [6.45, 7) is 16.1. The maximum atomic E-state index is 13.0. The largest absolute Gasteiger partial charge is 0.459 e. The Bertz CT molecular complexity index is 1060. The Kier molecular flexibility index (Phi) is 15.3. The van der Waals surface area contributed by atoms with Crippen molar-refractivity contribution in [1.82, 2.24) is 0 Å². The molecule has 1 aromatic rings. The Balaban J connectivity index is 2.05. The van der Waals surface area contributed by atoms with Crippen LogP contribution in [0.4, 0.5) is 0 Å². The molecule has 1 fully saturated rings. The monoisotopic (exact) mass is 808 g/mol. The standard InChI is InChI=1S/C33H50I2O5Si/c1-25(14-15-27-12-10-9-11-13-27)16-18-33(37-6)23-30(22-29(40-33)20-26(2)24-34)39-31(36)21-28(35)17-19-38-41(7,8)32(3,4)5/h9-14,21,24,29-30H,15-20,22-23H2,1-8H3/b25-14+,26-24+,28-21-/t29-,30-,33+/m1/s1. The van der Waals surface area contributed by atoms with Crippen molar-refractivity contribution in [1.29, 1.82) is 0 Å². The van der Waals surface area contributed by atoms with E-state index in [4.69, 9.17) is 18.6 Å². The van der Waals surface area contributed by atoms with Crippen molar-refractivity contribution in [2.75, 3.05) is 13.7 Å². The van der Waals surface area contributed by atoms with Gasteiger partial charge in [0, 0.05) is 49.1 Å². The molecule has 0 unspecified atom stereocenters. The molecule has 0 spiro atoms. The number of halogens is 2. The van der Waals surface area contributed by atoms with Gasteiger partial charge in [-0.15, -0.1) is 0 Å². The van der Waals surface area contributed by atoms with Crippen LogP contribution in [-0.2, 0) is 29.9 Å². The molecular formula is C33H50I2O5Si. The minimum Gasteiger partial charge on any atom is -0.459 e.